The van der Waals surface area contributed by atoms with Gasteiger partial charge in [0.05, 0.1) is 13.3 Å². The molecule has 1 aromatic heterocycles. The smallest absolute Gasteiger partial charge is 0.161 e. The maximum absolute atomic E-state index is 10.3. The molecule has 3 rings (SSSR count). The minimum atomic E-state index is -0.508. The lowest BCUT2D eigenvalue weighted by Crippen LogP contribution is -2.40. The number of thioether (sulfide) groups is 1. The number of hydrogen-bond acceptors (Lipinski definition) is 7. The molecule has 2 aromatic rings. The quantitative estimate of drug-likeness (QED) is 0.607. The standard InChI is InChI=1S/C21H32N4O3S/c1-16-18(13-23-24(16)2)12-22-11-17-4-5-20(21(10-17)27-3)28-15-19(26)14-25-6-8-29-9-7-25/h4-5,10,13,19,22,26H,6-9,11-12,14-15H2,1-3H3/t19-/m1/s1. The monoisotopic (exact) mass is 420 g/mol. The molecule has 29 heavy (non-hydrogen) atoms. The summed E-state index contributed by atoms with van der Waals surface area (Å²) in [4.78, 5) is 2.29. The summed E-state index contributed by atoms with van der Waals surface area (Å²) >= 11 is 1.97. The van der Waals surface area contributed by atoms with Crippen molar-refractivity contribution < 1.29 is 14.6 Å². The average molecular weight is 421 g/mol. The number of nitrogens with zero attached hydrogens (tertiary/aromatic N) is 3. The number of benzene rings is 1. The molecule has 0 saturated carbocycles. The van der Waals surface area contributed by atoms with Crippen LogP contribution in [-0.2, 0) is 20.1 Å². The number of methoxy groups -OCH3 is 1. The second-order valence-corrected chi connectivity index (χ2v) is 8.57. The molecule has 0 radical (unpaired) electrons. The lowest BCUT2D eigenvalue weighted by molar-refractivity contribution is 0.0705. The van der Waals surface area contributed by atoms with E-state index in [1.54, 1.807) is 7.11 Å². The third-order valence-corrected chi connectivity index (χ3v) is 6.16. The normalized spacial score (nSPS) is 16.0. The maximum Gasteiger partial charge on any atom is 0.161 e. The number of β-amino-alcohol motifs (C(OH)–C–C–N with tert-alkyl or cyclic N) is 1. The zero-order chi connectivity index (χ0) is 20.6. The van der Waals surface area contributed by atoms with Crippen LogP contribution in [0.3, 0.4) is 0 Å². The van der Waals surface area contributed by atoms with Gasteiger partial charge in [0.1, 0.15) is 12.7 Å². The molecule has 1 saturated heterocycles. The van der Waals surface area contributed by atoms with Gasteiger partial charge in [0.25, 0.3) is 0 Å². The van der Waals surface area contributed by atoms with Crippen molar-refractivity contribution >= 4 is 11.8 Å². The molecule has 0 unspecified atom stereocenters. The molecule has 2 heterocycles. The third-order valence-electron chi connectivity index (χ3n) is 5.21. The number of aliphatic hydroxyl groups is 1. The molecule has 1 aromatic carbocycles. The molecule has 8 heteroatoms. The van der Waals surface area contributed by atoms with Crippen LogP contribution in [-0.4, -0.2) is 70.7 Å². The van der Waals surface area contributed by atoms with Crippen LogP contribution in [0, 0.1) is 6.92 Å². The van der Waals surface area contributed by atoms with Gasteiger partial charge in [-0.2, -0.15) is 16.9 Å². The Morgan fingerprint density at radius 2 is 2.03 bits per heavy atom. The molecule has 0 amide bonds. The molecular weight excluding hydrogens is 388 g/mol. The number of nitrogens with one attached hydrogen (secondary N) is 1. The highest BCUT2D eigenvalue weighted by Crippen LogP contribution is 2.28. The first-order valence-electron chi connectivity index (χ1n) is 10.0. The van der Waals surface area contributed by atoms with Crippen LogP contribution < -0.4 is 14.8 Å². The summed E-state index contributed by atoms with van der Waals surface area (Å²) in [7, 11) is 3.59. The van der Waals surface area contributed by atoms with Crippen molar-refractivity contribution in [3.05, 3.63) is 41.2 Å². The Bertz CT molecular complexity index is 777. The fourth-order valence-corrected chi connectivity index (χ4v) is 4.30. The van der Waals surface area contributed by atoms with Crippen LogP contribution in [0.5, 0.6) is 11.5 Å². The maximum atomic E-state index is 10.3. The Balaban J connectivity index is 1.48. The second-order valence-electron chi connectivity index (χ2n) is 7.35. The van der Waals surface area contributed by atoms with Crippen LogP contribution in [0.1, 0.15) is 16.8 Å². The van der Waals surface area contributed by atoms with Gasteiger partial charge in [-0.1, -0.05) is 6.07 Å². The fourth-order valence-electron chi connectivity index (χ4n) is 3.32. The van der Waals surface area contributed by atoms with E-state index < -0.39 is 6.10 Å². The van der Waals surface area contributed by atoms with Crippen molar-refractivity contribution in [2.45, 2.75) is 26.1 Å². The van der Waals surface area contributed by atoms with Crippen LogP contribution >= 0.6 is 11.8 Å². The van der Waals surface area contributed by atoms with Crippen molar-refractivity contribution in [2.75, 3.05) is 44.9 Å². The molecule has 1 aliphatic rings. The minimum Gasteiger partial charge on any atom is -0.493 e. The fraction of sp³-hybridized carbons (Fsp3) is 0.571. The highest BCUT2D eigenvalue weighted by atomic mass is 32.2. The van der Waals surface area contributed by atoms with Gasteiger partial charge in [0.2, 0.25) is 0 Å². The van der Waals surface area contributed by atoms with Crippen molar-refractivity contribution in [3.8, 4) is 11.5 Å². The van der Waals surface area contributed by atoms with Crippen LogP contribution in [0.2, 0.25) is 0 Å². The zero-order valence-electron chi connectivity index (χ0n) is 17.6. The highest BCUT2D eigenvalue weighted by molar-refractivity contribution is 7.99. The Kier molecular flexibility index (Phi) is 8.23. The van der Waals surface area contributed by atoms with Gasteiger partial charge in [-0.15, -0.1) is 0 Å². The number of aliphatic hydroxyl groups excluding tert-OH is 1. The number of ether oxygens (including phenoxy) is 2. The Morgan fingerprint density at radius 3 is 2.72 bits per heavy atom. The van der Waals surface area contributed by atoms with Crippen LogP contribution in [0.15, 0.2) is 24.4 Å². The molecule has 0 spiro atoms. The van der Waals surface area contributed by atoms with Gasteiger partial charge in [0, 0.05) is 62.5 Å². The molecule has 1 atom stereocenters. The van der Waals surface area contributed by atoms with Gasteiger partial charge in [-0.25, -0.2) is 0 Å². The number of aryl methyl sites for hydroxylation is 1. The summed E-state index contributed by atoms with van der Waals surface area (Å²) < 4.78 is 13.2. The summed E-state index contributed by atoms with van der Waals surface area (Å²) in [6, 6.07) is 5.91. The zero-order valence-corrected chi connectivity index (χ0v) is 18.4. The molecule has 160 valence electrons. The predicted molar refractivity (Wildman–Crippen MR) is 117 cm³/mol. The largest absolute Gasteiger partial charge is 0.493 e. The van der Waals surface area contributed by atoms with Gasteiger partial charge in [-0.05, 0) is 24.6 Å². The highest BCUT2D eigenvalue weighted by Gasteiger charge is 2.16. The first-order valence-corrected chi connectivity index (χ1v) is 11.2. The Labute approximate surface area is 177 Å². The van der Waals surface area contributed by atoms with E-state index in [-0.39, 0.29) is 6.61 Å². The first-order chi connectivity index (χ1) is 14.1. The van der Waals surface area contributed by atoms with E-state index in [1.807, 2.05) is 47.9 Å². The summed E-state index contributed by atoms with van der Waals surface area (Å²) in [5.74, 6) is 3.62. The summed E-state index contributed by atoms with van der Waals surface area (Å²) in [6.45, 7) is 6.53. The first kappa shape index (κ1) is 22.0. The molecule has 2 N–H and O–H groups in total. The van der Waals surface area contributed by atoms with Crippen molar-refractivity contribution in [1.29, 1.82) is 0 Å². The SMILES string of the molecule is COc1cc(CNCc2cnn(C)c2C)ccc1OC[C@H](O)CN1CCSCC1. The minimum absolute atomic E-state index is 0.262. The van der Waals surface area contributed by atoms with E-state index in [4.69, 9.17) is 9.47 Å². The molecule has 1 fully saturated rings. The Morgan fingerprint density at radius 1 is 1.24 bits per heavy atom. The van der Waals surface area contributed by atoms with E-state index in [1.165, 1.54) is 11.3 Å². The van der Waals surface area contributed by atoms with E-state index in [0.29, 0.717) is 18.0 Å². The third kappa shape index (κ3) is 6.37. The summed E-state index contributed by atoms with van der Waals surface area (Å²) in [5.41, 5.74) is 3.48. The van der Waals surface area contributed by atoms with E-state index in [2.05, 4.69) is 22.2 Å². The van der Waals surface area contributed by atoms with Crippen LogP contribution in [0.25, 0.3) is 0 Å². The molecule has 0 aliphatic carbocycles. The predicted octanol–water partition coefficient (Wildman–Crippen LogP) is 1.82. The molecule has 0 bridgehead atoms. The molecule has 1 aliphatic heterocycles. The van der Waals surface area contributed by atoms with Gasteiger partial charge in [-0.3, -0.25) is 9.58 Å². The molecule has 7 nitrogen and oxygen atoms in total. The Hall–Kier alpha value is -1.74. The topological polar surface area (TPSA) is 71.8 Å². The second kappa shape index (κ2) is 10.9. The van der Waals surface area contributed by atoms with Gasteiger partial charge >= 0.3 is 0 Å². The van der Waals surface area contributed by atoms with Crippen molar-refractivity contribution in [2.24, 2.45) is 7.05 Å². The van der Waals surface area contributed by atoms with Gasteiger partial charge < -0.3 is 19.9 Å². The lowest BCUT2D eigenvalue weighted by atomic mass is 10.2. The number of rotatable bonds is 10. The van der Waals surface area contributed by atoms with Crippen molar-refractivity contribution in [1.82, 2.24) is 20.0 Å². The van der Waals surface area contributed by atoms with E-state index in [9.17, 15) is 5.11 Å². The van der Waals surface area contributed by atoms with E-state index >= 15 is 0 Å². The summed E-state index contributed by atoms with van der Waals surface area (Å²) in [6.07, 6.45) is 1.39. The van der Waals surface area contributed by atoms with Crippen LogP contribution in [0.4, 0.5) is 0 Å². The van der Waals surface area contributed by atoms with Crippen molar-refractivity contribution in [3.63, 3.8) is 0 Å². The van der Waals surface area contributed by atoms with Gasteiger partial charge in [0.15, 0.2) is 11.5 Å². The number of aromatic nitrogens is 2. The van der Waals surface area contributed by atoms with E-state index in [0.717, 1.165) is 43.2 Å². The average Bonchev–Trinajstić information content (AvgIpc) is 3.05. The lowest BCUT2D eigenvalue weighted by Gasteiger charge is -2.28. The summed E-state index contributed by atoms with van der Waals surface area (Å²) in [5, 5.41) is 18.0. The molecular formula is C21H32N4O3S. The number of hydrogen-bond donors (Lipinski definition) is 2.